The van der Waals surface area contributed by atoms with Crippen LogP contribution in [0.4, 0.5) is 0 Å². The van der Waals surface area contributed by atoms with Gasteiger partial charge in [0, 0.05) is 16.0 Å². The number of rotatable bonds is 2. The van der Waals surface area contributed by atoms with Gasteiger partial charge in [0.25, 0.3) is 0 Å². The molecule has 0 radical (unpaired) electrons. The van der Waals surface area contributed by atoms with E-state index in [-0.39, 0.29) is 5.54 Å². The largest absolute Gasteiger partial charge is 0.508 e. The van der Waals surface area contributed by atoms with Gasteiger partial charge in [-0.1, -0.05) is 19.3 Å². The molecule has 0 atom stereocenters. The molecule has 1 aliphatic rings. The normalized spacial score (nSPS) is 19.6. The zero-order valence-corrected chi connectivity index (χ0v) is 10.5. The van der Waals surface area contributed by atoms with Crippen molar-refractivity contribution in [3.8, 4) is 5.75 Å². The standard InChI is InChI=1S/C13H19NOS/c1-16-10-5-6-12(15)11(9-10)13(14)7-3-2-4-8-13/h5-6,9,15H,2-4,7-8,14H2,1H3. The van der Waals surface area contributed by atoms with Gasteiger partial charge in [-0.15, -0.1) is 11.8 Å². The fourth-order valence-corrected chi connectivity index (χ4v) is 2.93. The van der Waals surface area contributed by atoms with Crippen molar-refractivity contribution in [2.24, 2.45) is 5.73 Å². The van der Waals surface area contributed by atoms with Crippen LogP contribution in [-0.4, -0.2) is 11.4 Å². The van der Waals surface area contributed by atoms with Gasteiger partial charge >= 0.3 is 0 Å². The summed E-state index contributed by atoms with van der Waals surface area (Å²) >= 11 is 1.69. The summed E-state index contributed by atoms with van der Waals surface area (Å²) in [6.07, 6.45) is 7.61. The second kappa shape index (κ2) is 4.68. The maximum absolute atomic E-state index is 9.96. The monoisotopic (exact) mass is 237 g/mol. The van der Waals surface area contributed by atoms with Gasteiger partial charge in [0.05, 0.1) is 0 Å². The third-order valence-electron chi connectivity index (χ3n) is 3.49. The molecule has 0 spiro atoms. The highest BCUT2D eigenvalue weighted by molar-refractivity contribution is 7.98. The zero-order chi connectivity index (χ0) is 11.6. The van der Waals surface area contributed by atoms with E-state index in [0.717, 1.165) is 18.4 Å². The van der Waals surface area contributed by atoms with Crippen LogP contribution in [0.2, 0.25) is 0 Å². The molecular formula is C13H19NOS. The highest BCUT2D eigenvalue weighted by Crippen LogP contribution is 2.40. The predicted molar refractivity (Wildman–Crippen MR) is 68.8 cm³/mol. The number of hydrogen-bond donors (Lipinski definition) is 2. The van der Waals surface area contributed by atoms with Crippen LogP contribution in [0, 0.1) is 0 Å². The van der Waals surface area contributed by atoms with Gasteiger partial charge in [0.2, 0.25) is 0 Å². The first-order valence-electron chi connectivity index (χ1n) is 5.82. The van der Waals surface area contributed by atoms with Crippen molar-refractivity contribution < 1.29 is 5.11 Å². The Balaban J connectivity index is 2.37. The number of phenols is 1. The van der Waals surface area contributed by atoms with Gasteiger partial charge in [0.15, 0.2) is 0 Å². The summed E-state index contributed by atoms with van der Waals surface area (Å²) < 4.78 is 0. The van der Waals surface area contributed by atoms with Crippen molar-refractivity contribution in [1.29, 1.82) is 0 Å². The first-order valence-corrected chi connectivity index (χ1v) is 7.04. The maximum Gasteiger partial charge on any atom is 0.120 e. The molecular weight excluding hydrogens is 218 g/mol. The summed E-state index contributed by atoms with van der Waals surface area (Å²) in [6.45, 7) is 0. The lowest BCUT2D eigenvalue weighted by Crippen LogP contribution is -2.38. The molecule has 1 aromatic rings. The lowest BCUT2D eigenvalue weighted by molar-refractivity contribution is 0.291. The molecule has 1 saturated carbocycles. The first kappa shape index (κ1) is 11.8. The van der Waals surface area contributed by atoms with Gasteiger partial charge < -0.3 is 10.8 Å². The number of phenolic OH excluding ortho intramolecular Hbond substituents is 1. The molecule has 0 heterocycles. The third-order valence-corrected chi connectivity index (χ3v) is 4.21. The van der Waals surface area contributed by atoms with E-state index < -0.39 is 0 Å². The molecule has 0 unspecified atom stereocenters. The second-order valence-electron chi connectivity index (χ2n) is 4.60. The van der Waals surface area contributed by atoms with Crippen molar-refractivity contribution in [2.75, 3.05) is 6.26 Å². The molecule has 0 bridgehead atoms. The topological polar surface area (TPSA) is 46.2 Å². The molecule has 16 heavy (non-hydrogen) atoms. The van der Waals surface area contributed by atoms with Gasteiger partial charge in [-0.25, -0.2) is 0 Å². The number of benzene rings is 1. The van der Waals surface area contributed by atoms with E-state index in [1.165, 1.54) is 24.2 Å². The molecule has 1 aliphatic carbocycles. The fraction of sp³-hybridized carbons (Fsp3) is 0.538. The lowest BCUT2D eigenvalue weighted by Gasteiger charge is -2.34. The molecule has 0 amide bonds. The summed E-state index contributed by atoms with van der Waals surface area (Å²) in [6, 6.07) is 5.76. The van der Waals surface area contributed by atoms with Gasteiger partial charge in [-0.3, -0.25) is 0 Å². The van der Waals surface area contributed by atoms with Crippen molar-refractivity contribution in [2.45, 2.75) is 42.5 Å². The van der Waals surface area contributed by atoms with Gasteiger partial charge in [-0.2, -0.15) is 0 Å². The highest BCUT2D eigenvalue weighted by atomic mass is 32.2. The Labute approximate surface area is 101 Å². The number of thioether (sulfide) groups is 1. The van der Waals surface area contributed by atoms with E-state index in [2.05, 4.69) is 0 Å². The zero-order valence-electron chi connectivity index (χ0n) is 9.70. The number of hydrogen-bond acceptors (Lipinski definition) is 3. The van der Waals surface area contributed by atoms with Crippen LogP contribution in [0.1, 0.15) is 37.7 Å². The molecule has 0 aliphatic heterocycles. The molecule has 3 heteroatoms. The minimum absolute atomic E-state index is 0.311. The molecule has 3 N–H and O–H groups in total. The average Bonchev–Trinajstić information content (AvgIpc) is 2.30. The average molecular weight is 237 g/mol. The van der Waals surface area contributed by atoms with Crippen LogP contribution >= 0.6 is 11.8 Å². The van der Waals surface area contributed by atoms with Crippen molar-refractivity contribution >= 4 is 11.8 Å². The molecule has 1 fully saturated rings. The van der Waals surface area contributed by atoms with E-state index in [9.17, 15) is 5.11 Å². The lowest BCUT2D eigenvalue weighted by atomic mass is 9.77. The number of nitrogens with two attached hydrogens (primary N) is 1. The molecule has 2 rings (SSSR count). The Morgan fingerprint density at radius 3 is 2.56 bits per heavy atom. The first-order chi connectivity index (χ1) is 7.65. The molecule has 1 aromatic carbocycles. The summed E-state index contributed by atoms with van der Waals surface area (Å²) in [7, 11) is 0. The van der Waals surface area contributed by atoms with E-state index in [1.54, 1.807) is 17.8 Å². The third kappa shape index (κ3) is 2.20. The summed E-state index contributed by atoms with van der Waals surface area (Å²) in [5, 5.41) is 9.96. The second-order valence-corrected chi connectivity index (χ2v) is 5.48. The SMILES string of the molecule is CSc1ccc(O)c(C2(N)CCCCC2)c1. The Bertz CT molecular complexity index is 372. The Morgan fingerprint density at radius 2 is 1.94 bits per heavy atom. The summed E-state index contributed by atoms with van der Waals surface area (Å²) in [5.74, 6) is 0.349. The van der Waals surface area contributed by atoms with Crippen LogP contribution in [0.3, 0.4) is 0 Å². The molecule has 2 nitrogen and oxygen atoms in total. The van der Waals surface area contributed by atoms with Crippen LogP contribution in [0.25, 0.3) is 0 Å². The molecule has 88 valence electrons. The van der Waals surface area contributed by atoms with E-state index >= 15 is 0 Å². The van der Waals surface area contributed by atoms with E-state index in [1.807, 2.05) is 18.4 Å². The van der Waals surface area contributed by atoms with Crippen LogP contribution in [0.15, 0.2) is 23.1 Å². The summed E-state index contributed by atoms with van der Waals surface area (Å²) in [5.41, 5.74) is 7.05. The van der Waals surface area contributed by atoms with Crippen LogP contribution < -0.4 is 5.73 Å². The van der Waals surface area contributed by atoms with Gasteiger partial charge in [0.1, 0.15) is 5.75 Å². The Kier molecular flexibility index (Phi) is 3.45. The van der Waals surface area contributed by atoms with Crippen LogP contribution in [-0.2, 0) is 5.54 Å². The Hall–Kier alpha value is -0.670. The minimum Gasteiger partial charge on any atom is -0.508 e. The quantitative estimate of drug-likeness (QED) is 0.776. The summed E-state index contributed by atoms with van der Waals surface area (Å²) in [4.78, 5) is 1.17. The molecule has 0 saturated heterocycles. The minimum atomic E-state index is -0.311. The highest BCUT2D eigenvalue weighted by Gasteiger charge is 2.31. The molecule has 0 aromatic heterocycles. The van der Waals surface area contributed by atoms with Crippen molar-refractivity contribution in [1.82, 2.24) is 0 Å². The van der Waals surface area contributed by atoms with Gasteiger partial charge in [-0.05, 0) is 37.3 Å². The fourth-order valence-electron chi connectivity index (χ4n) is 2.49. The van der Waals surface area contributed by atoms with Crippen molar-refractivity contribution in [3.63, 3.8) is 0 Å². The Morgan fingerprint density at radius 1 is 1.25 bits per heavy atom. The predicted octanol–water partition coefficient (Wildman–Crippen LogP) is 3.23. The van der Waals surface area contributed by atoms with Crippen molar-refractivity contribution in [3.05, 3.63) is 23.8 Å². The van der Waals surface area contributed by atoms with E-state index in [4.69, 9.17) is 5.73 Å². The number of aromatic hydroxyl groups is 1. The maximum atomic E-state index is 9.96. The van der Waals surface area contributed by atoms with E-state index in [0.29, 0.717) is 5.75 Å². The smallest absolute Gasteiger partial charge is 0.120 e. The van der Waals surface area contributed by atoms with Crippen LogP contribution in [0.5, 0.6) is 5.75 Å².